The predicted molar refractivity (Wildman–Crippen MR) is 82.8 cm³/mol. The van der Waals surface area contributed by atoms with E-state index in [0.29, 0.717) is 6.04 Å². The number of nitrogens with zero attached hydrogens (tertiary/aromatic N) is 2. The summed E-state index contributed by atoms with van der Waals surface area (Å²) in [6.07, 6.45) is 6.06. The normalized spacial score (nSPS) is 18.9. The van der Waals surface area contributed by atoms with Crippen LogP contribution in [0.15, 0.2) is 30.5 Å². The number of aliphatic hydroxyl groups excluding tert-OH is 1. The second kappa shape index (κ2) is 5.67. The fourth-order valence-electron chi connectivity index (χ4n) is 3.19. The second-order valence-electron chi connectivity index (χ2n) is 5.42. The lowest BCUT2D eigenvalue weighted by molar-refractivity contribution is 0.279. The molecule has 0 spiro atoms. The van der Waals surface area contributed by atoms with Gasteiger partial charge in [-0.05, 0) is 49.9 Å². The Kier molecular flexibility index (Phi) is 3.74. The van der Waals surface area contributed by atoms with Crippen molar-refractivity contribution in [2.75, 3.05) is 23.8 Å². The molecule has 0 amide bonds. The Balaban J connectivity index is 1.95. The number of aliphatic hydroxyl groups is 1. The van der Waals surface area contributed by atoms with E-state index >= 15 is 0 Å². The van der Waals surface area contributed by atoms with Crippen LogP contribution in [0.5, 0.6) is 0 Å². The Hall–Kier alpha value is -1.81. The number of hydrogen-bond donors (Lipinski definition) is 2. The summed E-state index contributed by atoms with van der Waals surface area (Å²) in [6.45, 7) is 1.31. The van der Waals surface area contributed by atoms with Crippen LogP contribution < -0.4 is 10.6 Å². The number of benzene rings is 1. The molecule has 3 rings (SSSR count). The average molecular weight is 271 g/mol. The van der Waals surface area contributed by atoms with Gasteiger partial charge in [-0.3, -0.25) is 4.98 Å². The predicted octanol–water partition coefficient (Wildman–Crippen LogP) is 2.56. The molecule has 1 aliphatic heterocycles. The van der Waals surface area contributed by atoms with Gasteiger partial charge in [-0.2, -0.15) is 0 Å². The zero-order valence-electron chi connectivity index (χ0n) is 11.6. The van der Waals surface area contributed by atoms with E-state index in [2.05, 4.69) is 16.0 Å². The number of aromatic nitrogens is 1. The van der Waals surface area contributed by atoms with Crippen LogP contribution in [0.25, 0.3) is 10.9 Å². The van der Waals surface area contributed by atoms with Gasteiger partial charge in [-0.25, -0.2) is 0 Å². The van der Waals surface area contributed by atoms with Crippen molar-refractivity contribution in [3.63, 3.8) is 0 Å². The molecule has 0 aliphatic carbocycles. The van der Waals surface area contributed by atoms with Gasteiger partial charge in [0.2, 0.25) is 0 Å². The number of hydrogen-bond acceptors (Lipinski definition) is 4. The summed E-state index contributed by atoms with van der Waals surface area (Å²) < 4.78 is 0. The van der Waals surface area contributed by atoms with Gasteiger partial charge in [0.05, 0.1) is 16.9 Å². The Labute approximate surface area is 119 Å². The second-order valence-corrected chi connectivity index (χ2v) is 5.42. The molecular formula is C16H21N3O. The topological polar surface area (TPSA) is 62.4 Å². The van der Waals surface area contributed by atoms with Crippen LogP contribution in [-0.2, 0) is 0 Å². The van der Waals surface area contributed by atoms with Gasteiger partial charge in [-0.15, -0.1) is 0 Å². The summed E-state index contributed by atoms with van der Waals surface area (Å²) in [7, 11) is 0. The number of nitrogen functional groups attached to an aromatic ring is 1. The van der Waals surface area contributed by atoms with Gasteiger partial charge in [0.25, 0.3) is 0 Å². The summed E-state index contributed by atoms with van der Waals surface area (Å²) in [5.41, 5.74) is 9.25. The summed E-state index contributed by atoms with van der Waals surface area (Å²) >= 11 is 0. The Morgan fingerprint density at radius 2 is 2.25 bits per heavy atom. The summed E-state index contributed by atoms with van der Waals surface area (Å²) in [5, 5.41) is 10.1. The average Bonchev–Trinajstić information content (AvgIpc) is 2.94. The molecule has 2 aromatic rings. The largest absolute Gasteiger partial charge is 0.396 e. The highest BCUT2D eigenvalue weighted by Gasteiger charge is 2.26. The van der Waals surface area contributed by atoms with Crippen LogP contribution in [0.3, 0.4) is 0 Å². The third-order valence-corrected chi connectivity index (χ3v) is 4.19. The van der Waals surface area contributed by atoms with Crippen LogP contribution in [-0.4, -0.2) is 29.3 Å². The first kappa shape index (κ1) is 13.2. The zero-order valence-corrected chi connectivity index (χ0v) is 11.6. The van der Waals surface area contributed by atoms with E-state index < -0.39 is 0 Å². The van der Waals surface area contributed by atoms with Crippen LogP contribution in [0, 0.1) is 0 Å². The maximum absolute atomic E-state index is 9.03. The molecule has 4 heteroatoms. The van der Waals surface area contributed by atoms with Crippen molar-refractivity contribution in [3.8, 4) is 0 Å². The van der Waals surface area contributed by atoms with Crippen LogP contribution >= 0.6 is 0 Å². The highest BCUT2D eigenvalue weighted by Crippen LogP contribution is 2.35. The smallest absolute Gasteiger partial charge is 0.0724 e. The summed E-state index contributed by atoms with van der Waals surface area (Å²) in [6, 6.07) is 8.58. The first-order valence-corrected chi connectivity index (χ1v) is 7.32. The molecule has 3 N–H and O–H groups in total. The first-order valence-electron chi connectivity index (χ1n) is 7.32. The molecule has 4 nitrogen and oxygen atoms in total. The molecule has 0 saturated carbocycles. The Bertz CT molecular complexity index is 599. The highest BCUT2D eigenvalue weighted by atomic mass is 16.2. The molecule has 1 aromatic heterocycles. The van der Waals surface area contributed by atoms with Crippen molar-refractivity contribution in [2.24, 2.45) is 0 Å². The quantitative estimate of drug-likeness (QED) is 0.839. The van der Waals surface area contributed by atoms with E-state index in [1.807, 2.05) is 18.2 Å². The van der Waals surface area contributed by atoms with E-state index in [9.17, 15) is 0 Å². The molecule has 1 fully saturated rings. The van der Waals surface area contributed by atoms with Gasteiger partial charge in [-0.1, -0.05) is 0 Å². The lowest BCUT2D eigenvalue weighted by atomic mass is 10.1. The minimum absolute atomic E-state index is 0.265. The third-order valence-electron chi connectivity index (χ3n) is 4.19. The van der Waals surface area contributed by atoms with Gasteiger partial charge in [0, 0.05) is 30.8 Å². The van der Waals surface area contributed by atoms with Gasteiger partial charge in [0.1, 0.15) is 0 Å². The van der Waals surface area contributed by atoms with Crippen molar-refractivity contribution in [2.45, 2.75) is 31.7 Å². The lowest BCUT2D eigenvalue weighted by Gasteiger charge is -2.28. The van der Waals surface area contributed by atoms with Crippen molar-refractivity contribution >= 4 is 22.3 Å². The van der Waals surface area contributed by atoms with Gasteiger partial charge in [0.15, 0.2) is 0 Å². The molecule has 2 heterocycles. The lowest BCUT2D eigenvalue weighted by Crippen LogP contribution is -2.30. The minimum Gasteiger partial charge on any atom is -0.396 e. The van der Waals surface area contributed by atoms with Crippen molar-refractivity contribution in [3.05, 3.63) is 30.5 Å². The zero-order chi connectivity index (χ0) is 13.9. The van der Waals surface area contributed by atoms with Crippen molar-refractivity contribution in [1.82, 2.24) is 4.98 Å². The van der Waals surface area contributed by atoms with E-state index in [0.717, 1.165) is 41.7 Å². The van der Waals surface area contributed by atoms with Crippen molar-refractivity contribution < 1.29 is 5.11 Å². The van der Waals surface area contributed by atoms with E-state index in [-0.39, 0.29) is 6.61 Å². The van der Waals surface area contributed by atoms with Crippen molar-refractivity contribution in [1.29, 1.82) is 0 Å². The molecule has 20 heavy (non-hydrogen) atoms. The summed E-state index contributed by atoms with van der Waals surface area (Å²) in [5.74, 6) is 0. The molecule has 0 radical (unpaired) electrons. The monoisotopic (exact) mass is 271 g/mol. The Morgan fingerprint density at radius 1 is 1.35 bits per heavy atom. The molecule has 0 bridgehead atoms. The number of rotatable bonds is 4. The molecule has 1 aliphatic rings. The number of pyridine rings is 1. The SMILES string of the molecule is Nc1c(N2CCCC2CCCO)ccc2ncccc12. The molecule has 1 atom stereocenters. The van der Waals surface area contributed by atoms with E-state index in [4.69, 9.17) is 10.8 Å². The van der Waals surface area contributed by atoms with Crippen LogP contribution in [0.2, 0.25) is 0 Å². The molecule has 1 saturated heterocycles. The maximum Gasteiger partial charge on any atom is 0.0724 e. The minimum atomic E-state index is 0.265. The number of nitrogens with two attached hydrogens (primary N) is 1. The Morgan fingerprint density at radius 3 is 3.10 bits per heavy atom. The van der Waals surface area contributed by atoms with Crippen LogP contribution in [0.1, 0.15) is 25.7 Å². The van der Waals surface area contributed by atoms with Crippen LogP contribution in [0.4, 0.5) is 11.4 Å². The molecule has 106 valence electrons. The molecular weight excluding hydrogens is 250 g/mol. The van der Waals surface area contributed by atoms with E-state index in [1.54, 1.807) is 6.20 Å². The highest BCUT2D eigenvalue weighted by molar-refractivity contribution is 5.97. The van der Waals surface area contributed by atoms with Gasteiger partial charge >= 0.3 is 0 Å². The standard InChI is InChI=1S/C16H21N3O/c17-16-13-6-1-9-18-14(13)7-8-15(16)19-10-2-4-12(19)5-3-11-20/h1,6-9,12,20H,2-5,10-11,17H2. The maximum atomic E-state index is 9.03. The fraction of sp³-hybridized carbons (Fsp3) is 0.438. The third kappa shape index (κ3) is 2.31. The van der Waals surface area contributed by atoms with E-state index in [1.165, 1.54) is 12.8 Å². The number of fused-ring (bicyclic) bond motifs is 1. The van der Waals surface area contributed by atoms with Gasteiger partial charge < -0.3 is 15.7 Å². The fourth-order valence-corrected chi connectivity index (χ4v) is 3.19. The first-order chi connectivity index (χ1) is 9.81. The molecule has 1 unspecified atom stereocenters. The summed E-state index contributed by atoms with van der Waals surface area (Å²) in [4.78, 5) is 6.75. The number of anilines is 2. The molecule has 1 aromatic carbocycles.